The van der Waals surface area contributed by atoms with Crippen LogP contribution in [0.1, 0.15) is 33.6 Å². The molecule has 0 aliphatic heterocycles. The summed E-state index contributed by atoms with van der Waals surface area (Å²) in [6.07, 6.45) is 2.05. The second-order valence-electron chi connectivity index (χ2n) is 4.33. The summed E-state index contributed by atoms with van der Waals surface area (Å²) in [6.45, 7) is 6.56. The van der Waals surface area contributed by atoms with Gasteiger partial charge in [0.1, 0.15) is 0 Å². The van der Waals surface area contributed by atoms with Gasteiger partial charge in [0.25, 0.3) is 0 Å². The molecular weight excluding hydrogens is 168 g/mol. The average molecular weight is 184 g/mol. The minimum atomic E-state index is 0.276. The normalized spacial score (nSPS) is 29.2. The van der Waals surface area contributed by atoms with Crippen LogP contribution >= 0.6 is 11.9 Å². The van der Waals surface area contributed by atoms with Crippen molar-refractivity contribution >= 4 is 11.9 Å². The van der Waals surface area contributed by atoms with Crippen molar-refractivity contribution < 1.29 is 0 Å². The number of hydrogen-bond donors (Lipinski definition) is 1. The molecule has 0 atom stereocenters. The van der Waals surface area contributed by atoms with Crippen LogP contribution in [0.2, 0.25) is 0 Å². The van der Waals surface area contributed by atoms with Crippen molar-refractivity contribution in [3.63, 3.8) is 0 Å². The molecule has 0 amide bonds. The zero-order valence-electron chi connectivity index (χ0n) is 7.92. The van der Waals surface area contributed by atoms with Gasteiger partial charge < -0.3 is 0 Å². The summed E-state index contributed by atoms with van der Waals surface area (Å²) in [5.41, 5.74) is 0. The molecule has 0 unspecified atom stereocenters. The predicted molar refractivity (Wildman–Crippen MR) is 52.6 cm³/mol. The minimum Gasteiger partial charge on any atom is -0.261 e. The van der Waals surface area contributed by atoms with E-state index in [4.69, 9.17) is 5.26 Å². The maximum Gasteiger partial charge on any atom is 0.0657 e. The van der Waals surface area contributed by atoms with Gasteiger partial charge in [0, 0.05) is 16.7 Å². The Labute approximate surface area is 78.9 Å². The monoisotopic (exact) mass is 184 g/mol. The second-order valence-corrected chi connectivity index (χ2v) is 5.99. The molecule has 2 nitrogen and oxygen atoms in total. The minimum absolute atomic E-state index is 0.276. The van der Waals surface area contributed by atoms with Crippen LogP contribution in [0, 0.1) is 17.2 Å². The molecule has 0 bridgehead atoms. The van der Waals surface area contributed by atoms with E-state index in [1.165, 1.54) is 0 Å². The van der Waals surface area contributed by atoms with Crippen LogP contribution in [-0.4, -0.2) is 10.8 Å². The van der Waals surface area contributed by atoms with Crippen LogP contribution in [0.15, 0.2) is 0 Å². The van der Waals surface area contributed by atoms with Gasteiger partial charge in [0.15, 0.2) is 0 Å². The fourth-order valence-corrected chi connectivity index (χ4v) is 1.79. The molecule has 3 heteroatoms. The quantitative estimate of drug-likeness (QED) is 0.669. The smallest absolute Gasteiger partial charge is 0.0657 e. The average Bonchev–Trinajstić information content (AvgIpc) is 1.82. The molecule has 1 saturated carbocycles. The molecule has 1 N–H and O–H groups in total. The Morgan fingerprint density at radius 3 is 2.42 bits per heavy atom. The van der Waals surface area contributed by atoms with Gasteiger partial charge in [-0.3, -0.25) is 4.72 Å². The summed E-state index contributed by atoms with van der Waals surface area (Å²) in [5.74, 6) is 0.308. The molecule has 1 aliphatic carbocycles. The Kier molecular flexibility index (Phi) is 3.03. The van der Waals surface area contributed by atoms with Crippen molar-refractivity contribution in [2.75, 3.05) is 0 Å². The van der Waals surface area contributed by atoms with Crippen LogP contribution in [0.5, 0.6) is 0 Å². The van der Waals surface area contributed by atoms with Crippen LogP contribution in [0.4, 0.5) is 0 Å². The Bertz CT molecular complexity index is 184. The van der Waals surface area contributed by atoms with Crippen molar-refractivity contribution in [2.45, 2.75) is 44.4 Å². The van der Waals surface area contributed by atoms with Gasteiger partial charge in [0.2, 0.25) is 0 Å². The summed E-state index contributed by atoms with van der Waals surface area (Å²) in [4.78, 5) is 0. The second kappa shape index (κ2) is 3.68. The third kappa shape index (κ3) is 3.04. The van der Waals surface area contributed by atoms with Gasteiger partial charge in [-0.25, -0.2) is 0 Å². The molecular formula is C9H16N2S. The van der Waals surface area contributed by atoms with E-state index in [0.717, 1.165) is 12.8 Å². The molecule has 1 aliphatic rings. The maximum absolute atomic E-state index is 8.55. The van der Waals surface area contributed by atoms with Gasteiger partial charge in [-0.05, 0) is 33.6 Å². The number of rotatable bonds is 2. The van der Waals surface area contributed by atoms with Gasteiger partial charge in [0.05, 0.1) is 6.07 Å². The number of nitrogens with zero attached hydrogens (tertiary/aromatic N) is 1. The summed E-state index contributed by atoms with van der Waals surface area (Å²) in [5, 5.41) is 8.55. The van der Waals surface area contributed by atoms with Crippen molar-refractivity contribution in [3.8, 4) is 6.07 Å². The molecule has 0 radical (unpaired) electrons. The standard InChI is InChI=1S/C9H16N2S/c1-9(2,3)12-11-8-4-7(5-8)6-10/h7-8,11H,4-5H2,1-3H3. The molecule has 0 saturated heterocycles. The lowest BCUT2D eigenvalue weighted by Crippen LogP contribution is -2.38. The first kappa shape index (κ1) is 9.88. The van der Waals surface area contributed by atoms with Crippen LogP contribution in [-0.2, 0) is 0 Å². The third-order valence-electron chi connectivity index (χ3n) is 1.85. The van der Waals surface area contributed by atoms with E-state index in [1.54, 1.807) is 11.9 Å². The number of nitrogens with one attached hydrogen (secondary N) is 1. The third-order valence-corrected chi connectivity index (χ3v) is 2.92. The number of nitriles is 1. The van der Waals surface area contributed by atoms with Gasteiger partial charge in [-0.2, -0.15) is 5.26 Å². The van der Waals surface area contributed by atoms with E-state index in [9.17, 15) is 0 Å². The molecule has 68 valence electrons. The topological polar surface area (TPSA) is 35.8 Å². The molecule has 0 aromatic rings. The Morgan fingerprint density at radius 1 is 1.42 bits per heavy atom. The molecule has 1 fully saturated rings. The zero-order valence-corrected chi connectivity index (χ0v) is 8.74. The van der Waals surface area contributed by atoms with Gasteiger partial charge in [-0.1, -0.05) is 11.9 Å². The van der Waals surface area contributed by atoms with E-state index in [0.29, 0.717) is 12.0 Å². The van der Waals surface area contributed by atoms with E-state index < -0.39 is 0 Å². The summed E-state index contributed by atoms with van der Waals surface area (Å²) >= 11 is 1.77. The van der Waals surface area contributed by atoms with Crippen molar-refractivity contribution in [1.82, 2.24) is 4.72 Å². The largest absolute Gasteiger partial charge is 0.261 e. The van der Waals surface area contributed by atoms with E-state index in [2.05, 4.69) is 31.6 Å². The first-order chi connectivity index (χ1) is 5.51. The lowest BCUT2D eigenvalue weighted by molar-refractivity contribution is 0.314. The van der Waals surface area contributed by atoms with Crippen LogP contribution < -0.4 is 4.72 Å². The first-order valence-corrected chi connectivity index (χ1v) is 5.16. The highest BCUT2D eigenvalue weighted by Gasteiger charge is 2.29. The number of hydrogen-bond acceptors (Lipinski definition) is 3. The highest BCUT2D eigenvalue weighted by atomic mass is 32.2. The molecule has 0 heterocycles. The van der Waals surface area contributed by atoms with E-state index in [1.807, 2.05) is 0 Å². The molecule has 0 spiro atoms. The lowest BCUT2D eigenvalue weighted by atomic mass is 9.82. The molecule has 1 rings (SSSR count). The van der Waals surface area contributed by atoms with Crippen LogP contribution in [0.25, 0.3) is 0 Å². The lowest BCUT2D eigenvalue weighted by Gasteiger charge is -2.33. The van der Waals surface area contributed by atoms with Crippen molar-refractivity contribution in [2.24, 2.45) is 5.92 Å². The summed E-state index contributed by atoms with van der Waals surface area (Å²) in [7, 11) is 0. The Hall–Kier alpha value is -0.200. The van der Waals surface area contributed by atoms with Crippen LogP contribution in [0.3, 0.4) is 0 Å². The molecule has 12 heavy (non-hydrogen) atoms. The Morgan fingerprint density at radius 2 is 2.00 bits per heavy atom. The fraction of sp³-hybridized carbons (Fsp3) is 0.889. The summed E-state index contributed by atoms with van der Waals surface area (Å²) in [6, 6.07) is 2.85. The predicted octanol–water partition coefficient (Wildman–Crippen LogP) is 2.32. The highest BCUT2D eigenvalue weighted by Crippen LogP contribution is 2.30. The van der Waals surface area contributed by atoms with E-state index in [-0.39, 0.29) is 4.75 Å². The molecule has 0 aromatic carbocycles. The van der Waals surface area contributed by atoms with Crippen molar-refractivity contribution in [1.29, 1.82) is 5.26 Å². The van der Waals surface area contributed by atoms with Gasteiger partial charge in [-0.15, -0.1) is 0 Å². The Balaban J connectivity index is 2.09. The SMILES string of the molecule is CC(C)(C)SNC1CC(C#N)C1. The first-order valence-electron chi connectivity index (χ1n) is 4.34. The molecule has 0 aromatic heterocycles. The summed E-state index contributed by atoms with van der Waals surface area (Å²) < 4.78 is 3.66. The van der Waals surface area contributed by atoms with Crippen molar-refractivity contribution in [3.05, 3.63) is 0 Å². The maximum atomic E-state index is 8.55. The van der Waals surface area contributed by atoms with E-state index >= 15 is 0 Å². The zero-order chi connectivity index (χ0) is 9.19. The van der Waals surface area contributed by atoms with Gasteiger partial charge >= 0.3 is 0 Å². The highest BCUT2D eigenvalue weighted by molar-refractivity contribution is 7.98. The fourth-order valence-electron chi connectivity index (χ4n) is 1.08.